The molecule has 1 aromatic carbocycles. The van der Waals surface area contributed by atoms with E-state index in [4.69, 9.17) is 5.53 Å². The van der Waals surface area contributed by atoms with Crippen LogP contribution in [0.2, 0.25) is 0 Å². The first-order chi connectivity index (χ1) is 8.15. The molecule has 0 radical (unpaired) electrons. The molecule has 6 heteroatoms. The molecule has 2 aromatic rings. The minimum atomic E-state index is -0.543. The Kier molecular flexibility index (Phi) is 2.64. The van der Waals surface area contributed by atoms with Crippen molar-refractivity contribution in [3.63, 3.8) is 0 Å². The number of carbonyl (C=O) groups excluding carboxylic acids is 1. The number of aromatic amines is 1. The van der Waals surface area contributed by atoms with E-state index >= 15 is 0 Å². The van der Waals surface area contributed by atoms with Crippen molar-refractivity contribution in [3.8, 4) is 0 Å². The fourth-order valence-corrected chi connectivity index (χ4v) is 1.70. The Morgan fingerprint density at radius 2 is 2.12 bits per heavy atom. The lowest BCUT2D eigenvalue weighted by Gasteiger charge is -2.05. The number of nitrogens with one attached hydrogen (secondary N) is 1. The first-order valence-corrected chi connectivity index (χ1v) is 4.86. The summed E-state index contributed by atoms with van der Waals surface area (Å²) in [5, 5.41) is 4.01. The summed E-state index contributed by atoms with van der Waals surface area (Å²) in [6.45, 7) is 1.26. The molecule has 0 unspecified atom stereocenters. The zero-order valence-electron chi connectivity index (χ0n) is 8.97. The summed E-state index contributed by atoms with van der Waals surface area (Å²) in [5.41, 5.74) is 8.47. The fraction of sp³-hybridized carbons (Fsp3) is 0.0909. The minimum Gasteiger partial charge on any atom is -0.321 e. The van der Waals surface area contributed by atoms with E-state index in [9.17, 15) is 9.59 Å². The van der Waals surface area contributed by atoms with Crippen LogP contribution in [0.1, 0.15) is 17.3 Å². The van der Waals surface area contributed by atoms with Gasteiger partial charge in [0.05, 0.1) is 11.3 Å². The van der Waals surface area contributed by atoms with E-state index < -0.39 is 11.3 Å². The molecule has 0 aliphatic rings. The summed E-state index contributed by atoms with van der Waals surface area (Å²) in [7, 11) is 0. The Hall–Kier alpha value is -2.59. The number of para-hydroxylation sites is 1. The van der Waals surface area contributed by atoms with Crippen molar-refractivity contribution in [2.24, 2.45) is 5.11 Å². The number of hydrogen-bond acceptors (Lipinski definition) is 3. The molecule has 1 aromatic heterocycles. The van der Waals surface area contributed by atoms with E-state index in [1.807, 2.05) is 0 Å². The van der Waals surface area contributed by atoms with Gasteiger partial charge in [0.15, 0.2) is 5.78 Å². The second-order valence-corrected chi connectivity index (χ2v) is 3.47. The van der Waals surface area contributed by atoms with Crippen LogP contribution in [0.15, 0.2) is 34.2 Å². The van der Waals surface area contributed by atoms with Crippen molar-refractivity contribution in [2.75, 3.05) is 0 Å². The average Bonchev–Trinajstić information content (AvgIpc) is 2.28. The number of H-pyrrole nitrogens is 1. The number of ketones is 1. The van der Waals surface area contributed by atoms with Gasteiger partial charge < -0.3 is 4.98 Å². The van der Waals surface area contributed by atoms with E-state index in [0.29, 0.717) is 10.9 Å². The number of benzene rings is 1. The highest BCUT2D eigenvalue weighted by atomic mass is 16.1. The first-order valence-electron chi connectivity index (χ1n) is 4.86. The standard InChI is InChI=1S/C11H8N4O2/c1-6(16)9-10(14-15-12)7-4-2-3-5-8(7)13-11(9)17/h2-5H,1H3,(H,13,17). The SMILES string of the molecule is CC(=O)c1c(N=[N+]=[N-])c2ccccc2[nH]c1=O. The molecule has 0 spiro atoms. The van der Waals surface area contributed by atoms with Crippen molar-refractivity contribution < 1.29 is 4.79 Å². The molecule has 0 saturated carbocycles. The van der Waals surface area contributed by atoms with Gasteiger partial charge in [-0.3, -0.25) is 9.59 Å². The minimum absolute atomic E-state index is 0.0827. The molecular weight excluding hydrogens is 220 g/mol. The molecular formula is C11H8N4O2. The molecule has 2 rings (SSSR count). The number of pyridine rings is 1. The molecule has 6 nitrogen and oxygen atoms in total. The van der Waals surface area contributed by atoms with Crippen LogP contribution in [0.25, 0.3) is 21.3 Å². The van der Waals surface area contributed by atoms with E-state index in [1.54, 1.807) is 24.3 Å². The molecule has 0 aliphatic heterocycles. The highest BCUT2D eigenvalue weighted by Gasteiger charge is 2.14. The molecule has 17 heavy (non-hydrogen) atoms. The van der Waals surface area contributed by atoms with Crippen molar-refractivity contribution >= 4 is 22.4 Å². The van der Waals surface area contributed by atoms with E-state index in [0.717, 1.165) is 0 Å². The third-order valence-corrected chi connectivity index (χ3v) is 2.39. The van der Waals surface area contributed by atoms with Crippen molar-refractivity contribution in [1.82, 2.24) is 4.98 Å². The second-order valence-electron chi connectivity index (χ2n) is 3.47. The van der Waals surface area contributed by atoms with Gasteiger partial charge in [-0.1, -0.05) is 23.3 Å². The van der Waals surface area contributed by atoms with E-state index in [-0.39, 0.29) is 11.3 Å². The highest BCUT2D eigenvalue weighted by Crippen LogP contribution is 2.26. The topological polar surface area (TPSA) is 98.7 Å². The van der Waals surface area contributed by atoms with Gasteiger partial charge in [-0.25, -0.2) is 0 Å². The second kappa shape index (κ2) is 4.11. The maximum absolute atomic E-state index is 11.7. The van der Waals surface area contributed by atoms with Crippen LogP contribution < -0.4 is 5.56 Å². The van der Waals surface area contributed by atoms with E-state index in [2.05, 4.69) is 15.0 Å². The summed E-state index contributed by atoms with van der Waals surface area (Å²) in [6, 6.07) is 6.84. The average molecular weight is 228 g/mol. The summed E-state index contributed by atoms with van der Waals surface area (Å²) >= 11 is 0. The molecule has 0 amide bonds. The number of Topliss-reactive ketones (excluding diaryl/α,β-unsaturated/α-hetero) is 1. The van der Waals surface area contributed by atoms with Crippen LogP contribution in [0.4, 0.5) is 5.69 Å². The summed E-state index contributed by atoms with van der Waals surface area (Å²) < 4.78 is 0. The molecule has 1 heterocycles. The van der Waals surface area contributed by atoms with Crippen LogP contribution >= 0.6 is 0 Å². The predicted molar refractivity (Wildman–Crippen MR) is 63.4 cm³/mol. The lowest BCUT2D eigenvalue weighted by atomic mass is 10.1. The van der Waals surface area contributed by atoms with Gasteiger partial charge in [0.1, 0.15) is 0 Å². The van der Waals surface area contributed by atoms with Gasteiger partial charge in [0.2, 0.25) is 0 Å². The molecule has 0 saturated heterocycles. The summed E-state index contributed by atoms with van der Waals surface area (Å²) in [6.07, 6.45) is 0. The van der Waals surface area contributed by atoms with Crippen LogP contribution in [-0.4, -0.2) is 10.8 Å². The van der Waals surface area contributed by atoms with Crippen LogP contribution in [0.5, 0.6) is 0 Å². The Labute approximate surface area is 95.5 Å². The Bertz CT molecular complexity index is 711. The zero-order chi connectivity index (χ0) is 12.4. The smallest absolute Gasteiger partial charge is 0.259 e. The molecule has 0 fully saturated rings. The third kappa shape index (κ3) is 1.77. The maximum atomic E-state index is 11.7. The molecule has 1 N–H and O–H groups in total. The Balaban J connectivity index is 3.04. The first kappa shape index (κ1) is 10.9. The quantitative estimate of drug-likeness (QED) is 0.370. The van der Waals surface area contributed by atoms with Crippen LogP contribution in [0.3, 0.4) is 0 Å². The van der Waals surface area contributed by atoms with E-state index in [1.165, 1.54) is 6.92 Å². The monoisotopic (exact) mass is 228 g/mol. The number of carbonyl (C=O) groups is 1. The normalized spacial score (nSPS) is 9.94. The zero-order valence-corrected chi connectivity index (χ0v) is 8.97. The largest absolute Gasteiger partial charge is 0.321 e. The van der Waals surface area contributed by atoms with Gasteiger partial charge >= 0.3 is 0 Å². The van der Waals surface area contributed by atoms with Crippen molar-refractivity contribution in [2.45, 2.75) is 6.92 Å². The van der Waals surface area contributed by atoms with Gasteiger partial charge in [0.25, 0.3) is 5.56 Å². The lowest BCUT2D eigenvalue weighted by molar-refractivity contribution is 0.101. The summed E-state index contributed by atoms with van der Waals surface area (Å²) in [4.78, 5) is 28.4. The number of rotatable bonds is 2. The Morgan fingerprint density at radius 3 is 2.76 bits per heavy atom. The Morgan fingerprint density at radius 1 is 1.41 bits per heavy atom. The van der Waals surface area contributed by atoms with Crippen molar-refractivity contribution in [3.05, 3.63) is 50.6 Å². The number of hydrogen-bond donors (Lipinski definition) is 1. The van der Waals surface area contributed by atoms with Crippen molar-refractivity contribution in [1.29, 1.82) is 0 Å². The van der Waals surface area contributed by atoms with Gasteiger partial charge in [-0.15, -0.1) is 0 Å². The highest BCUT2D eigenvalue weighted by molar-refractivity contribution is 6.05. The molecule has 84 valence electrons. The number of aromatic nitrogens is 1. The van der Waals surface area contributed by atoms with Gasteiger partial charge in [0, 0.05) is 15.8 Å². The number of azide groups is 1. The number of fused-ring (bicyclic) bond motifs is 1. The third-order valence-electron chi connectivity index (χ3n) is 2.39. The fourth-order valence-electron chi connectivity index (χ4n) is 1.70. The molecule has 0 atom stereocenters. The number of nitrogens with zero attached hydrogens (tertiary/aromatic N) is 3. The van der Waals surface area contributed by atoms with Gasteiger partial charge in [-0.2, -0.15) is 0 Å². The van der Waals surface area contributed by atoms with Gasteiger partial charge in [-0.05, 0) is 18.5 Å². The van der Waals surface area contributed by atoms with Crippen LogP contribution in [-0.2, 0) is 0 Å². The summed E-state index contributed by atoms with van der Waals surface area (Å²) in [5.74, 6) is -0.431. The lowest BCUT2D eigenvalue weighted by Crippen LogP contribution is -2.16. The molecule has 0 bridgehead atoms. The maximum Gasteiger partial charge on any atom is 0.259 e. The molecule has 0 aliphatic carbocycles. The van der Waals surface area contributed by atoms with Crippen LogP contribution in [0, 0.1) is 0 Å². The predicted octanol–water partition coefficient (Wildman–Crippen LogP) is 2.67.